The van der Waals surface area contributed by atoms with Gasteiger partial charge in [0, 0.05) is 16.7 Å². The zero-order chi connectivity index (χ0) is 19.0. The molecular weight excluding hydrogens is 310 g/mol. The minimum atomic E-state index is -0.716. The predicted octanol–water partition coefficient (Wildman–Crippen LogP) is 4.87. The van der Waals surface area contributed by atoms with E-state index < -0.39 is 6.04 Å². The Bertz CT molecular complexity index is 730. The van der Waals surface area contributed by atoms with Gasteiger partial charge in [0.15, 0.2) is 5.78 Å². The van der Waals surface area contributed by atoms with Crippen LogP contribution in [0.2, 0.25) is 0 Å². The smallest absolute Gasteiger partial charge is 0.184 e. The Hall–Kier alpha value is -2.13. The van der Waals surface area contributed by atoms with Crippen LogP contribution in [0, 0.1) is 0 Å². The van der Waals surface area contributed by atoms with E-state index in [0.717, 1.165) is 16.7 Å². The molecule has 25 heavy (non-hydrogen) atoms. The molecule has 2 aromatic carbocycles. The van der Waals surface area contributed by atoms with E-state index in [-0.39, 0.29) is 22.4 Å². The van der Waals surface area contributed by atoms with Crippen LogP contribution in [0.25, 0.3) is 0 Å². The van der Waals surface area contributed by atoms with Crippen LogP contribution in [0.3, 0.4) is 0 Å². The summed E-state index contributed by atoms with van der Waals surface area (Å²) in [6.45, 7) is 12.2. The minimum absolute atomic E-state index is 0.137. The summed E-state index contributed by atoms with van der Waals surface area (Å²) in [5.41, 5.74) is 8.52. The molecule has 3 heteroatoms. The van der Waals surface area contributed by atoms with E-state index in [9.17, 15) is 9.90 Å². The lowest BCUT2D eigenvalue weighted by atomic mass is 9.77. The van der Waals surface area contributed by atoms with Gasteiger partial charge in [-0.1, -0.05) is 71.9 Å². The highest BCUT2D eigenvalue weighted by Crippen LogP contribution is 2.40. The van der Waals surface area contributed by atoms with Crippen molar-refractivity contribution < 1.29 is 9.90 Å². The standard InChI is InChI=1S/C22H29NO2/c1-21(2,3)16-12-15(13-17(20(16)25)22(4,5)6)19(24)18(23)14-10-8-7-9-11-14/h7-13,18,25H,23H2,1-6H3/t18-/m0/s1. The van der Waals surface area contributed by atoms with Crippen LogP contribution >= 0.6 is 0 Å². The molecule has 2 aromatic rings. The van der Waals surface area contributed by atoms with E-state index in [1.807, 2.05) is 71.9 Å². The first-order valence-corrected chi connectivity index (χ1v) is 8.65. The van der Waals surface area contributed by atoms with Crippen LogP contribution in [-0.4, -0.2) is 10.9 Å². The second kappa shape index (κ2) is 6.64. The number of carbonyl (C=O) groups is 1. The maximum absolute atomic E-state index is 13.0. The topological polar surface area (TPSA) is 63.3 Å². The maximum Gasteiger partial charge on any atom is 0.184 e. The Morgan fingerprint density at radius 2 is 1.36 bits per heavy atom. The van der Waals surface area contributed by atoms with Crippen LogP contribution in [0.1, 0.15) is 74.6 Å². The highest BCUT2D eigenvalue weighted by molar-refractivity contribution is 6.01. The molecule has 134 valence electrons. The third kappa shape index (κ3) is 4.10. The first kappa shape index (κ1) is 19.2. The van der Waals surface area contributed by atoms with Crippen molar-refractivity contribution in [3.63, 3.8) is 0 Å². The fourth-order valence-electron chi connectivity index (χ4n) is 2.91. The number of carbonyl (C=O) groups excluding carboxylic acids is 1. The molecule has 0 aliphatic carbocycles. The predicted molar refractivity (Wildman–Crippen MR) is 103 cm³/mol. The Balaban J connectivity index is 2.59. The number of phenols is 1. The van der Waals surface area contributed by atoms with Crippen LogP contribution in [0.5, 0.6) is 5.75 Å². The number of benzene rings is 2. The number of aromatic hydroxyl groups is 1. The minimum Gasteiger partial charge on any atom is -0.507 e. The van der Waals surface area contributed by atoms with Crippen molar-refractivity contribution in [2.24, 2.45) is 5.73 Å². The molecule has 0 aliphatic heterocycles. The van der Waals surface area contributed by atoms with Gasteiger partial charge in [-0.05, 0) is 28.5 Å². The second-order valence-electron chi connectivity index (χ2n) is 8.67. The van der Waals surface area contributed by atoms with E-state index in [1.54, 1.807) is 12.1 Å². The van der Waals surface area contributed by atoms with Crippen LogP contribution < -0.4 is 5.73 Å². The van der Waals surface area contributed by atoms with Crippen LogP contribution in [0.15, 0.2) is 42.5 Å². The fourth-order valence-corrected chi connectivity index (χ4v) is 2.91. The molecule has 0 bridgehead atoms. The molecule has 3 nitrogen and oxygen atoms in total. The average molecular weight is 339 g/mol. The molecule has 0 unspecified atom stereocenters. The zero-order valence-corrected chi connectivity index (χ0v) is 16.1. The quantitative estimate of drug-likeness (QED) is 0.784. The third-order valence-corrected chi connectivity index (χ3v) is 4.45. The van der Waals surface area contributed by atoms with E-state index >= 15 is 0 Å². The normalized spacial score (nSPS) is 13.6. The molecule has 0 spiro atoms. The Morgan fingerprint density at radius 3 is 1.76 bits per heavy atom. The summed E-state index contributed by atoms with van der Waals surface area (Å²) in [6.07, 6.45) is 0. The lowest BCUT2D eigenvalue weighted by Crippen LogP contribution is -2.24. The zero-order valence-electron chi connectivity index (χ0n) is 16.1. The molecule has 1 atom stereocenters. The van der Waals surface area contributed by atoms with Crippen molar-refractivity contribution in [3.8, 4) is 5.75 Å². The van der Waals surface area contributed by atoms with Crippen molar-refractivity contribution in [1.29, 1.82) is 0 Å². The largest absolute Gasteiger partial charge is 0.507 e. The van der Waals surface area contributed by atoms with Crippen molar-refractivity contribution in [1.82, 2.24) is 0 Å². The molecule has 0 amide bonds. The van der Waals surface area contributed by atoms with Gasteiger partial charge < -0.3 is 10.8 Å². The Labute approximate surface area is 150 Å². The van der Waals surface area contributed by atoms with Crippen LogP contribution in [-0.2, 0) is 10.8 Å². The summed E-state index contributed by atoms with van der Waals surface area (Å²) in [5, 5.41) is 10.8. The SMILES string of the molecule is CC(C)(C)c1cc(C(=O)[C@@H](N)c2ccccc2)cc(C(C)(C)C)c1O. The molecular formula is C22H29NO2. The molecule has 0 fully saturated rings. The van der Waals surface area contributed by atoms with Crippen molar-refractivity contribution in [3.05, 3.63) is 64.7 Å². The third-order valence-electron chi connectivity index (χ3n) is 4.45. The van der Waals surface area contributed by atoms with E-state index in [0.29, 0.717) is 5.56 Å². The average Bonchev–Trinajstić information content (AvgIpc) is 2.52. The number of phenolic OH excluding ortho intramolecular Hbond substituents is 1. The van der Waals surface area contributed by atoms with Gasteiger partial charge in [0.05, 0.1) is 6.04 Å². The number of hydrogen-bond acceptors (Lipinski definition) is 3. The molecule has 0 saturated carbocycles. The van der Waals surface area contributed by atoms with Gasteiger partial charge >= 0.3 is 0 Å². The van der Waals surface area contributed by atoms with Gasteiger partial charge in [-0.15, -0.1) is 0 Å². The van der Waals surface area contributed by atoms with Gasteiger partial charge in [0.2, 0.25) is 0 Å². The highest BCUT2D eigenvalue weighted by atomic mass is 16.3. The number of Topliss-reactive ketones (excluding diaryl/α,β-unsaturated/α-hetero) is 1. The molecule has 2 rings (SSSR count). The van der Waals surface area contributed by atoms with E-state index in [2.05, 4.69) is 0 Å². The number of nitrogens with two attached hydrogens (primary N) is 1. The van der Waals surface area contributed by atoms with Crippen molar-refractivity contribution in [2.75, 3.05) is 0 Å². The summed E-state index contributed by atoms with van der Waals surface area (Å²) in [5.74, 6) is 0.132. The van der Waals surface area contributed by atoms with Gasteiger partial charge in [0.1, 0.15) is 5.75 Å². The summed E-state index contributed by atoms with van der Waals surface area (Å²) in [4.78, 5) is 13.0. The van der Waals surface area contributed by atoms with Crippen molar-refractivity contribution >= 4 is 5.78 Å². The number of ketones is 1. The number of rotatable bonds is 3. The summed E-state index contributed by atoms with van der Waals surface area (Å²) >= 11 is 0. The monoisotopic (exact) mass is 339 g/mol. The van der Waals surface area contributed by atoms with Gasteiger partial charge in [-0.2, -0.15) is 0 Å². The lowest BCUT2D eigenvalue weighted by Gasteiger charge is -2.28. The molecule has 3 N–H and O–H groups in total. The first-order chi connectivity index (χ1) is 11.4. The second-order valence-corrected chi connectivity index (χ2v) is 8.67. The van der Waals surface area contributed by atoms with Gasteiger partial charge in [0.25, 0.3) is 0 Å². The number of hydrogen-bond donors (Lipinski definition) is 2. The van der Waals surface area contributed by atoms with Crippen LogP contribution in [0.4, 0.5) is 0 Å². The fraction of sp³-hybridized carbons (Fsp3) is 0.409. The lowest BCUT2D eigenvalue weighted by molar-refractivity contribution is 0.0961. The summed E-state index contributed by atoms with van der Waals surface area (Å²) in [6, 6.07) is 12.2. The molecule has 0 heterocycles. The van der Waals surface area contributed by atoms with E-state index in [1.165, 1.54) is 0 Å². The summed E-state index contributed by atoms with van der Waals surface area (Å²) < 4.78 is 0. The maximum atomic E-state index is 13.0. The van der Waals surface area contributed by atoms with E-state index in [4.69, 9.17) is 5.73 Å². The molecule has 0 radical (unpaired) electrons. The van der Waals surface area contributed by atoms with Gasteiger partial charge in [-0.3, -0.25) is 4.79 Å². The Morgan fingerprint density at radius 1 is 0.920 bits per heavy atom. The molecule has 0 aromatic heterocycles. The highest BCUT2D eigenvalue weighted by Gasteiger charge is 2.29. The molecule has 0 saturated heterocycles. The van der Waals surface area contributed by atoms with Gasteiger partial charge in [-0.25, -0.2) is 0 Å². The molecule has 0 aliphatic rings. The van der Waals surface area contributed by atoms with Crippen molar-refractivity contribution in [2.45, 2.75) is 58.4 Å². The Kier molecular flexibility index (Phi) is 5.10. The summed E-state index contributed by atoms with van der Waals surface area (Å²) in [7, 11) is 0. The first-order valence-electron chi connectivity index (χ1n) is 8.65.